The van der Waals surface area contributed by atoms with Crippen LogP contribution in [0.15, 0.2) is 66.2 Å². The Hall–Kier alpha value is -3.16. The fourth-order valence-electron chi connectivity index (χ4n) is 4.89. The second-order valence-electron chi connectivity index (χ2n) is 8.63. The molecule has 0 unspecified atom stereocenters. The summed E-state index contributed by atoms with van der Waals surface area (Å²) in [6.45, 7) is 3.90. The number of pyridine rings is 1. The molecule has 3 aromatic rings. The molecule has 1 fully saturated rings. The Labute approximate surface area is 194 Å². The molecule has 170 valence electrons. The van der Waals surface area contributed by atoms with Gasteiger partial charge in [-0.05, 0) is 61.4 Å². The van der Waals surface area contributed by atoms with Crippen molar-refractivity contribution in [1.82, 2.24) is 4.98 Å². The van der Waals surface area contributed by atoms with Gasteiger partial charge in [-0.1, -0.05) is 53.6 Å². The number of rotatable bonds is 3. The Kier molecular flexibility index (Phi) is 5.68. The van der Waals surface area contributed by atoms with Gasteiger partial charge in [-0.25, -0.2) is 4.98 Å². The van der Waals surface area contributed by atoms with E-state index in [0.29, 0.717) is 0 Å². The van der Waals surface area contributed by atoms with E-state index >= 15 is 0 Å². The van der Waals surface area contributed by atoms with E-state index in [9.17, 15) is 8.42 Å². The maximum absolute atomic E-state index is 11.3. The van der Waals surface area contributed by atoms with Crippen LogP contribution >= 0.6 is 0 Å². The predicted octanol–water partition coefficient (Wildman–Crippen LogP) is 4.77. The van der Waals surface area contributed by atoms with Crippen molar-refractivity contribution < 1.29 is 17.2 Å². The number of piperidine rings is 1. The standard InChI is InChI=1S/C26H26N2O4S/c1-18-7-11-23-21(17-18)9-8-20-10-12-24(32-33(29,30)31)27-26(20)25(23)19-13-15-28(16-14-19)22-5-3-2-4-6-22/h2-7,10-12,17H,8-9,13-16H2,1H3,(H,29,30,31). The number of para-hydroxylation sites is 1. The minimum Gasteiger partial charge on any atom is -0.371 e. The lowest BCUT2D eigenvalue weighted by atomic mass is 9.88. The van der Waals surface area contributed by atoms with E-state index in [1.165, 1.54) is 28.5 Å². The number of hydrogen-bond acceptors (Lipinski definition) is 5. The molecule has 0 spiro atoms. The zero-order chi connectivity index (χ0) is 23.0. The summed E-state index contributed by atoms with van der Waals surface area (Å²) in [5.74, 6) is -0.119. The molecular formula is C26H26N2O4S. The molecule has 0 saturated carbocycles. The molecule has 0 bridgehead atoms. The van der Waals surface area contributed by atoms with Crippen LogP contribution in [0.1, 0.15) is 40.8 Å². The summed E-state index contributed by atoms with van der Waals surface area (Å²) in [5, 5.41) is 0. The fraction of sp³-hybridized carbons (Fsp3) is 0.269. The monoisotopic (exact) mass is 462 g/mol. The first-order chi connectivity index (χ1) is 15.9. The molecule has 1 aliphatic heterocycles. The molecule has 1 aromatic heterocycles. The van der Waals surface area contributed by atoms with Gasteiger partial charge in [-0.15, -0.1) is 0 Å². The first-order valence-corrected chi connectivity index (χ1v) is 12.5. The molecule has 0 amide bonds. The number of fused-ring (bicyclic) bond motifs is 2. The molecule has 6 nitrogen and oxygen atoms in total. The largest absolute Gasteiger partial charge is 0.447 e. The third-order valence-electron chi connectivity index (χ3n) is 6.42. The first-order valence-electron chi connectivity index (χ1n) is 11.2. The van der Waals surface area contributed by atoms with Crippen LogP contribution in [0.5, 0.6) is 5.88 Å². The van der Waals surface area contributed by atoms with Crippen LogP contribution in [-0.2, 0) is 23.2 Å². The van der Waals surface area contributed by atoms with E-state index in [-0.39, 0.29) is 5.88 Å². The lowest BCUT2D eigenvalue weighted by Gasteiger charge is -2.32. The highest BCUT2D eigenvalue weighted by Crippen LogP contribution is 2.39. The highest BCUT2D eigenvalue weighted by molar-refractivity contribution is 7.81. The molecule has 2 heterocycles. The Morgan fingerprint density at radius 3 is 2.36 bits per heavy atom. The molecule has 0 atom stereocenters. The predicted molar refractivity (Wildman–Crippen MR) is 129 cm³/mol. The van der Waals surface area contributed by atoms with E-state index < -0.39 is 10.4 Å². The van der Waals surface area contributed by atoms with Gasteiger partial charge in [0.2, 0.25) is 5.88 Å². The molecule has 1 saturated heterocycles. The summed E-state index contributed by atoms with van der Waals surface area (Å²) in [6.07, 6.45) is 3.47. The Balaban J connectivity index is 1.60. The first kappa shape index (κ1) is 21.7. The third kappa shape index (κ3) is 4.65. The molecule has 0 radical (unpaired) electrons. The number of aryl methyl sites for hydroxylation is 3. The molecule has 2 aromatic carbocycles. The number of hydrogen-bond donors (Lipinski definition) is 1. The van der Waals surface area contributed by atoms with Crippen molar-refractivity contribution in [3.8, 4) is 5.88 Å². The maximum Gasteiger partial charge on any atom is 0.447 e. The summed E-state index contributed by atoms with van der Waals surface area (Å²) < 4.78 is 36.5. The molecular weight excluding hydrogens is 436 g/mol. The van der Waals surface area contributed by atoms with E-state index in [1.807, 2.05) is 12.1 Å². The molecule has 7 heteroatoms. The minimum atomic E-state index is -4.64. The summed E-state index contributed by atoms with van der Waals surface area (Å²) in [5.41, 5.74) is 9.06. The van der Waals surface area contributed by atoms with Crippen LogP contribution in [-0.4, -0.2) is 31.0 Å². The van der Waals surface area contributed by atoms with Crippen LogP contribution in [0.25, 0.3) is 5.57 Å². The van der Waals surface area contributed by atoms with Gasteiger partial charge in [0.1, 0.15) is 0 Å². The van der Waals surface area contributed by atoms with Crippen molar-refractivity contribution in [1.29, 1.82) is 0 Å². The van der Waals surface area contributed by atoms with Crippen molar-refractivity contribution in [3.05, 3.63) is 94.2 Å². The lowest BCUT2D eigenvalue weighted by Crippen LogP contribution is -2.31. The minimum absolute atomic E-state index is 0.119. The van der Waals surface area contributed by atoms with Crippen molar-refractivity contribution in [2.75, 3.05) is 18.0 Å². The summed E-state index contributed by atoms with van der Waals surface area (Å²) in [4.78, 5) is 6.97. The Morgan fingerprint density at radius 1 is 0.909 bits per heavy atom. The Morgan fingerprint density at radius 2 is 1.64 bits per heavy atom. The fourth-order valence-corrected chi connectivity index (χ4v) is 5.20. The van der Waals surface area contributed by atoms with Crippen LogP contribution in [0.3, 0.4) is 0 Å². The van der Waals surface area contributed by atoms with Gasteiger partial charge in [-0.2, -0.15) is 8.42 Å². The van der Waals surface area contributed by atoms with E-state index in [0.717, 1.165) is 61.2 Å². The van der Waals surface area contributed by atoms with Gasteiger partial charge >= 0.3 is 10.4 Å². The Bertz CT molecular complexity index is 1320. The van der Waals surface area contributed by atoms with E-state index in [1.54, 1.807) is 0 Å². The molecule has 5 rings (SSSR count). The van der Waals surface area contributed by atoms with Gasteiger partial charge in [0.25, 0.3) is 0 Å². The van der Waals surface area contributed by atoms with Gasteiger partial charge in [0, 0.05) is 30.4 Å². The molecule has 2 aliphatic rings. The summed E-state index contributed by atoms with van der Waals surface area (Å²) in [6, 6.07) is 20.3. The van der Waals surface area contributed by atoms with Crippen LogP contribution in [0, 0.1) is 6.92 Å². The topological polar surface area (TPSA) is 79.7 Å². The summed E-state index contributed by atoms with van der Waals surface area (Å²) >= 11 is 0. The van der Waals surface area contributed by atoms with Crippen molar-refractivity contribution >= 4 is 21.7 Å². The maximum atomic E-state index is 11.3. The third-order valence-corrected chi connectivity index (χ3v) is 6.80. The van der Waals surface area contributed by atoms with Crippen molar-refractivity contribution in [2.45, 2.75) is 32.6 Å². The van der Waals surface area contributed by atoms with E-state index in [2.05, 4.69) is 59.3 Å². The van der Waals surface area contributed by atoms with Crippen LogP contribution in [0.2, 0.25) is 0 Å². The average molecular weight is 463 g/mol. The van der Waals surface area contributed by atoms with Crippen molar-refractivity contribution in [3.63, 3.8) is 0 Å². The van der Waals surface area contributed by atoms with Crippen molar-refractivity contribution in [2.24, 2.45) is 0 Å². The zero-order valence-corrected chi connectivity index (χ0v) is 19.3. The van der Waals surface area contributed by atoms with Gasteiger partial charge < -0.3 is 9.08 Å². The molecule has 1 aliphatic carbocycles. The second-order valence-corrected chi connectivity index (χ2v) is 9.65. The highest BCUT2D eigenvalue weighted by atomic mass is 32.3. The number of aromatic nitrogens is 1. The van der Waals surface area contributed by atoms with Gasteiger partial charge in [-0.3, -0.25) is 4.55 Å². The number of nitrogens with zero attached hydrogens (tertiary/aromatic N) is 2. The number of anilines is 1. The van der Waals surface area contributed by atoms with Gasteiger partial charge in [0.15, 0.2) is 0 Å². The smallest absolute Gasteiger partial charge is 0.371 e. The SMILES string of the molecule is Cc1ccc2c(c1)CCc1ccc(OS(=O)(=O)O)nc1C2=C1CCN(c2ccccc2)CC1. The number of benzene rings is 2. The quantitative estimate of drug-likeness (QED) is 0.565. The molecule has 33 heavy (non-hydrogen) atoms. The molecule has 1 N–H and O–H groups in total. The zero-order valence-electron chi connectivity index (χ0n) is 18.5. The summed E-state index contributed by atoms with van der Waals surface area (Å²) in [7, 11) is -4.64. The average Bonchev–Trinajstić information content (AvgIpc) is 2.95. The highest BCUT2D eigenvalue weighted by Gasteiger charge is 2.26. The van der Waals surface area contributed by atoms with Crippen LogP contribution < -0.4 is 9.08 Å². The normalized spacial score (nSPS) is 16.1. The van der Waals surface area contributed by atoms with E-state index in [4.69, 9.17) is 8.74 Å². The second kappa shape index (κ2) is 8.65. The van der Waals surface area contributed by atoms with Crippen LogP contribution in [0.4, 0.5) is 5.69 Å². The lowest BCUT2D eigenvalue weighted by molar-refractivity contribution is 0.381. The van der Waals surface area contributed by atoms with Gasteiger partial charge in [0.05, 0.1) is 5.69 Å².